The summed E-state index contributed by atoms with van der Waals surface area (Å²) in [5, 5.41) is 3.47. The summed E-state index contributed by atoms with van der Waals surface area (Å²) in [6.45, 7) is 12.8. The minimum absolute atomic E-state index is 0.733. The van der Waals surface area contributed by atoms with E-state index < -0.39 is 0 Å². The molecule has 2 aliphatic heterocycles. The van der Waals surface area contributed by atoms with Crippen molar-refractivity contribution in [2.24, 2.45) is 11.3 Å². The molecular weight excluding hydrogens is 234 g/mol. The fourth-order valence-corrected chi connectivity index (χ4v) is 3.83. The largest absolute Gasteiger partial charge is 0.317 e. The van der Waals surface area contributed by atoms with Crippen LogP contribution >= 0.6 is 0 Å². The van der Waals surface area contributed by atoms with Crippen LogP contribution in [-0.4, -0.2) is 62.2 Å². The number of piperazine rings is 1. The maximum Gasteiger partial charge on any atom is 0.0110 e. The van der Waals surface area contributed by atoms with Gasteiger partial charge in [-0.3, -0.25) is 0 Å². The van der Waals surface area contributed by atoms with Crippen molar-refractivity contribution in [2.75, 3.05) is 52.4 Å². The van der Waals surface area contributed by atoms with Crippen LogP contribution in [0.15, 0.2) is 0 Å². The molecule has 3 aliphatic rings. The molecule has 0 aromatic heterocycles. The van der Waals surface area contributed by atoms with Crippen molar-refractivity contribution in [1.29, 1.82) is 0 Å². The van der Waals surface area contributed by atoms with Gasteiger partial charge in [0.2, 0.25) is 0 Å². The average molecular weight is 265 g/mol. The van der Waals surface area contributed by atoms with Crippen LogP contribution in [0, 0.1) is 11.3 Å². The van der Waals surface area contributed by atoms with Crippen molar-refractivity contribution in [1.82, 2.24) is 15.1 Å². The maximum absolute atomic E-state index is 3.47. The van der Waals surface area contributed by atoms with E-state index in [1.807, 2.05) is 0 Å². The van der Waals surface area contributed by atoms with E-state index in [0.29, 0.717) is 0 Å². The topological polar surface area (TPSA) is 18.5 Å². The molecule has 3 nitrogen and oxygen atoms in total. The van der Waals surface area contributed by atoms with Gasteiger partial charge in [0.1, 0.15) is 0 Å². The van der Waals surface area contributed by atoms with Gasteiger partial charge in [0.05, 0.1) is 0 Å². The van der Waals surface area contributed by atoms with Crippen LogP contribution in [0.4, 0.5) is 0 Å². The third-order valence-electron chi connectivity index (χ3n) is 5.71. The van der Waals surface area contributed by atoms with Crippen LogP contribution in [-0.2, 0) is 0 Å². The molecule has 0 radical (unpaired) electrons. The Balaban J connectivity index is 1.37. The number of hydrogen-bond donors (Lipinski definition) is 1. The van der Waals surface area contributed by atoms with E-state index in [9.17, 15) is 0 Å². The molecular formula is C16H31N3. The zero-order chi connectivity index (χ0) is 13.1. The molecule has 3 heteroatoms. The zero-order valence-electron chi connectivity index (χ0n) is 12.7. The summed E-state index contributed by atoms with van der Waals surface area (Å²) in [5.74, 6) is 0.957. The third-order valence-corrected chi connectivity index (χ3v) is 5.71. The minimum atomic E-state index is 0.733. The molecule has 1 saturated carbocycles. The van der Waals surface area contributed by atoms with Gasteiger partial charge < -0.3 is 15.1 Å². The second-order valence-electron chi connectivity index (χ2n) is 7.12. The molecule has 2 heterocycles. The Bertz CT molecular complexity index is 274. The molecule has 1 N–H and O–H groups in total. The van der Waals surface area contributed by atoms with Gasteiger partial charge in [-0.2, -0.15) is 0 Å². The summed E-state index contributed by atoms with van der Waals surface area (Å²) in [6, 6.07) is 0. The molecule has 0 aromatic rings. The Morgan fingerprint density at radius 1 is 1.00 bits per heavy atom. The molecule has 0 amide bonds. The van der Waals surface area contributed by atoms with Gasteiger partial charge in [0.15, 0.2) is 0 Å². The quantitative estimate of drug-likeness (QED) is 0.818. The van der Waals surface area contributed by atoms with Gasteiger partial charge in [-0.1, -0.05) is 6.92 Å². The third kappa shape index (κ3) is 3.71. The fourth-order valence-electron chi connectivity index (χ4n) is 3.83. The average Bonchev–Trinajstić information content (AvgIpc) is 3.23. The molecule has 110 valence electrons. The Kier molecular flexibility index (Phi) is 4.45. The van der Waals surface area contributed by atoms with E-state index in [4.69, 9.17) is 0 Å². The van der Waals surface area contributed by atoms with E-state index in [1.165, 1.54) is 84.5 Å². The summed E-state index contributed by atoms with van der Waals surface area (Å²) >= 11 is 0. The van der Waals surface area contributed by atoms with Crippen molar-refractivity contribution >= 4 is 0 Å². The van der Waals surface area contributed by atoms with Crippen LogP contribution in [0.25, 0.3) is 0 Å². The smallest absolute Gasteiger partial charge is 0.0110 e. The molecule has 3 fully saturated rings. The molecule has 0 aromatic carbocycles. The molecule has 0 atom stereocenters. The number of nitrogens with zero attached hydrogens (tertiary/aromatic N) is 2. The molecule has 19 heavy (non-hydrogen) atoms. The lowest BCUT2D eigenvalue weighted by molar-refractivity contribution is 0.0955. The van der Waals surface area contributed by atoms with Crippen LogP contribution in [0.1, 0.15) is 39.0 Å². The SMILES string of the molecule is CCC1(CN2CCN(CC3CCNCC3)CC2)CC1. The van der Waals surface area contributed by atoms with Crippen molar-refractivity contribution < 1.29 is 0 Å². The first kappa shape index (κ1) is 13.8. The van der Waals surface area contributed by atoms with Gasteiger partial charge in [-0.25, -0.2) is 0 Å². The highest BCUT2D eigenvalue weighted by Gasteiger charge is 2.42. The molecule has 3 rings (SSSR count). The minimum Gasteiger partial charge on any atom is -0.317 e. The first-order chi connectivity index (χ1) is 9.30. The summed E-state index contributed by atoms with van der Waals surface area (Å²) in [7, 11) is 0. The molecule has 1 aliphatic carbocycles. The lowest BCUT2D eigenvalue weighted by atomic mass is 9.97. The van der Waals surface area contributed by atoms with E-state index in [0.717, 1.165) is 11.3 Å². The van der Waals surface area contributed by atoms with Gasteiger partial charge in [-0.05, 0) is 56.5 Å². The summed E-state index contributed by atoms with van der Waals surface area (Å²) in [6.07, 6.45) is 7.14. The van der Waals surface area contributed by atoms with Crippen LogP contribution in [0.2, 0.25) is 0 Å². The Labute approximate surface area is 118 Å². The molecule has 0 spiro atoms. The van der Waals surface area contributed by atoms with Gasteiger partial charge in [-0.15, -0.1) is 0 Å². The van der Waals surface area contributed by atoms with Crippen molar-refractivity contribution in [2.45, 2.75) is 39.0 Å². The Morgan fingerprint density at radius 2 is 1.63 bits per heavy atom. The fraction of sp³-hybridized carbons (Fsp3) is 1.00. The standard InChI is InChI=1S/C16H31N3/c1-2-16(5-6-16)14-19-11-9-18(10-12-19)13-15-3-7-17-8-4-15/h15,17H,2-14H2,1H3. The first-order valence-electron chi connectivity index (χ1n) is 8.45. The lowest BCUT2D eigenvalue weighted by Crippen LogP contribution is -2.49. The lowest BCUT2D eigenvalue weighted by Gasteiger charge is -2.38. The van der Waals surface area contributed by atoms with Gasteiger partial charge in [0.25, 0.3) is 0 Å². The van der Waals surface area contributed by atoms with Crippen LogP contribution < -0.4 is 5.32 Å². The highest BCUT2D eigenvalue weighted by Crippen LogP contribution is 2.49. The van der Waals surface area contributed by atoms with Crippen LogP contribution in [0.3, 0.4) is 0 Å². The second-order valence-corrected chi connectivity index (χ2v) is 7.12. The summed E-state index contributed by atoms with van der Waals surface area (Å²) < 4.78 is 0. The highest BCUT2D eigenvalue weighted by atomic mass is 15.3. The number of rotatable bonds is 5. The van der Waals surface area contributed by atoms with E-state index in [-0.39, 0.29) is 0 Å². The van der Waals surface area contributed by atoms with E-state index in [2.05, 4.69) is 22.0 Å². The highest BCUT2D eigenvalue weighted by molar-refractivity contribution is 4.95. The Morgan fingerprint density at radius 3 is 2.21 bits per heavy atom. The molecule has 2 saturated heterocycles. The normalized spacial score (nSPS) is 29.5. The van der Waals surface area contributed by atoms with Crippen LogP contribution in [0.5, 0.6) is 0 Å². The summed E-state index contributed by atoms with van der Waals surface area (Å²) in [4.78, 5) is 5.45. The number of hydrogen-bond acceptors (Lipinski definition) is 3. The van der Waals surface area contributed by atoms with E-state index in [1.54, 1.807) is 0 Å². The van der Waals surface area contributed by atoms with Gasteiger partial charge in [0, 0.05) is 39.3 Å². The number of nitrogens with one attached hydrogen (secondary N) is 1. The van der Waals surface area contributed by atoms with E-state index >= 15 is 0 Å². The zero-order valence-corrected chi connectivity index (χ0v) is 12.7. The van der Waals surface area contributed by atoms with Crippen molar-refractivity contribution in [3.05, 3.63) is 0 Å². The van der Waals surface area contributed by atoms with Crippen molar-refractivity contribution in [3.63, 3.8) is 0 Å². The predicted molar refractivity (Wildman–Crippen MR) is 80.4 cm³/mol. The summed E-state index contributed by atoms with van der Waals surface area (Å²) in [5.41, 5.74) is 0.733. The maximum atomic E-state index is 3.47. The number of piperidine rings is 1. The monoisotopic (exact) mass is 265 g/mol. The van der Waals surface area contributed by atoms with Crippen molar-refractivity contribution in [3.8, 4) is 0 Å². The molecule has 0 bridgehead atoms. The molecule has 0 unspecified atom stereocenters. The first-order valence-corrected chi connectivity index (χ1v) is 8.45. The second kappa shape index (κ2) is 6.11. The van der Waals surface area contributed by atoms with Gasteiger partial charge >= 0.3 is 0 Å². The predicted octanol–water partition coefficient (Wildman–Crippen LogP) is 1.79. The Hall–Kier alpha value is -0.120.